The van der Waals surface area contributed by atoms with Crippen LogP contribution in [0.2, 0.25) is 5.02 Å². The van der Waals surface area contributed by atoms with Crippen molar-refractivity contribution in [3.05, 3.63) is 89.0 Å². The number of carbonyl (C=O) groups is 3. The van der Waals surface area contributed by atoms with Crippen LogP contribution in [0.1, 0.15) is 44.7 Å². The van der Waals surface area contributed by atoms with E-state index in [4.69, 9.17) is 16.3 Å². The predicted octanol–water partition coefficient (Wildman–Crippen LogP) is 4.92. The summed E-state index contributed by atoms with van der Waals surface area (Å²) in [7, 11) is 0. The van der Waals surface area contributed by atoms with Gasteiger partial charge in [0.15, 0.2) is 0 Å². The van der Waals surface area contributed by atoms with Crippen molar-refractivity contribution in [2.24, 2.45) is 17.8 Å². The number of hydrogen-bond acceptors (Lipinski definition) is 5. The number of para-hydroxylation sites is 1. The third kappa shape index (κ3) is 5.02. The summed E-state index contributed by atoms with van der Waals surface area (Å²) in [5, 5.41) is 11.1. The number of halogens is 1. The van der Waals surface area contributed by atoms with Crippen molar-refractivity contribution in [1.29, 1.82) is 0 Å². The van der Waals surface area contributed by atoms with Crippen molar-refractivity contribution in [2.45, 2.75) is 70.4 Å². The van der Waals surface area contributed by atoms with Crippen LogP contribution in [0.5, 0.6) is 0 Å². The smallest absolute Gasteiger partial charge is 0.253 e. The number of ether oxygens (including phenoxy) is 1. The van der Waals surface area contributed by atoms with E-state index >= 15 is 0 Å². The zero-order chi connectivity index (χ0) is 32.1. The summed E-state index contributed by atoms with van der Waals surface area (Å²) in [6.45, 7) is 8.59. The van der Waals surface area contributed by atoms with Gasteiger partial charge in [0, 0.05) is 19.6 Å². The summed E-state index contributed by atoms with van der Waals surface area (Å²) in [5.74, 6) is -2.51. The second-order valence-corrected chi connectivity index (χ2v) is 13.6. The van der Waals surface area contributed by atoms with Gasteiger partial charge in [0.05, 0.1) is 40.8 Å². The molecule has 238 valence electrons. The Hall–Kier alpha value is -3.46. The molecule has 3 amide bonds. The molecule has 4 aliphatic heterocycles. The maximum absolute atomic E-state index is 14.9. The van der Waals surface area contributed by atoms with Crippen molar-refractivity contribution < 1.29 is 24.2 Å². The van der Waals surface area contributed by atoms with E-state index in [0.717, 1.165) is 11.1 Å². The van der Waals surface area contributed by atoms with E-state index in [9.17, 15) is 19.5 Å². The summed E-state index contributed by atoms with van der Waals surface area (Å²) >= 11 is 6.69. The van der Waals surface area contributed by atoms with Crippen molar-refractivity contribution in [1.82, 2.24) is 9.80 Å². The number of likely N-dealkylation sites (tertiary alicyclic amines) is 1. The van der Waals surface area contributed by atoms with E-state index in [1.54, 1.807) is 20.8 Å². The van der Waals surface area contributed by atoms with Crippen LogP contribution in [-0.2, 0) is 25.7 Å². The fourth-order valence-corrected chi connectivity index (χ4v) is 8.40. The van der Waals surface area contributed by atoms with E-state index < -0.39 is 35.1 Å². The van der Waals surface area contributed by atoms with Crippen molar-refractivity contribution in [3.8, 4) is 0 Å². The van der Waals surface area contributed by atoms with Crippen molar-refractivity contribution >= 4 is 35.0 Å². The Bertz CT molecular complexity index is 1520. The van der Waals surface area contributed by atoms with Gasteiger partial charge in [-0.05, 0) is 42.9 Å². The van der Waals surface area contributed by atoms with Crippen LogP contribution in [0.3, 0.4) is 0 Å². The number of anilines is 1. The largest absolute Gasteiger partial charge is 0.394 e. The molecule has 4 heterocycles. The van der Waals surface area contributed by atoms with Crippen LogP contribution >= 0.6 is 11.6 Å². The standard InChI is InChI=1S/C36H42ClN3O5/c1-5-35-16-10-18-38(21-25-13-7-6-8-14-25)32(42)28(35)29-33(43)40(26(22-41)20-23(2)3)31-34(44)39(19-11-17-36(29,31)45-35)30-24(4)12-9-15-27(30)37/h6-17,23,26,28-29,31,41H,5,18-22H2,1-4H3/t26-,28-,29+,31?,35+,36+/m1/s1. The maximum Gasteiger partial charge on any atom is 0.253 e. The highest BCUT2D eigenvalue weighted by Crippen LogP contribution is 2.59. The topological polar surface area (TPSA) is 90.4 Å². The molecule has 6 atom stereocenters. The molecule has 0 radical (unpaired) electrons. The molecule has 2 aromatic rings. The van der Waals surface area contributed by atoms with E-state index in [1.165, 1.54) is 0 Å². The van der Waals surface area contributed by atoms with Gasteiger partial charge in [-0.25, -0.2) is 0 Å². The first kappa shape index (κ1) is 31.5. The second-order valence-electron chi connectivity index (χ2n) is 13.2. The molecule has 2 aromatic carbocycles. The van der Waals surface area contributed by atoms with Crippen LogP contribution in [0.25, 0.3) is 0 Å². The van der Waals surface area contributed by atoms with Crippen LogP contribution in [0.4, 0.5) is 5.69 Å². The summed E-state index contributed by atoms with van der Waals surface area (Å²) in [6.07, 6.45) is 8.55. The fourth-order valence-electron chi connectivity index (χ4n) is 8.08. The molecule has 8 nitrogen and oxygen atoms in total. The second kappa shape index (κ2) is 12.0. The van der Waals surface area contributed by atoms with Gasteiger partial charge >= 0.3 is 0 Å². The van der Waals surface area contributed by atoms with Gasteiger partial charge in [-0.1, -0.05) is 99.1 Å². The van der Waals surface area contributed by atoms with Gasteiger partial charge in [0.25, 0.3) is 5.91 Å². The molecule has 45 heavy (non-hydrogen) atoms. The Morgan fingerprint density at radius 1 is 0.956 bits per heavy atom. The average molecular weight is 632 g/mol. The van der Waals surface area contributed by atoms with Gasteiger partial charge in [-0.3, -0.25) is 14.4 Å². The molecule has 0 saturated carbocycles. The molecule has 2 fully saturated rings. The molecule has 2 saturated heterocycles. The number of aryl methyl sites for hydroxylation is 1. The fraction of sp³-hybridized carbons (Fsp3) is 0.472. The number of benzene rings is 2. The average Bonchev–Trinajstić information content (AvgIpc) is 3.32. The number of nitrogens with zero attached hydrogens (tertiary/aromatic N) is 3. The number of amides is 3. The third-order valence-corrected chi connectivity index (χ3v) is 10.3. The Morgan fingerprint density at radius 3 is 2.36 bits per heavy atom. The SMILES string of the molecule is CC[C@]12C=CCN(Cc3ccccc3)C(=O)[C@H]1[C@H]1C(=O)N([C@@H](CO)CC(C)C)C3C(=O)N(c4c(C)cccc4Cl)CC=C[C@@]31O2. The van der Waals surface area contributed by atoms with Crippen LogP contribution < -0.4 is 4.90 Å². The lowest BCUT2D eigenvalue weighted by atomic mass is 9.73. The molecule has 1 N–H and O–H groups in total. The highest BCUT2D eigenvalue weighted by atomic mass is 35.5. The summed E-state index contributed by atoms with van der Waals surface area (Å²) in [6, 6.07) is 13.5. The lowest BCUT2D eigenvalue weighted by molar-refractivity contribution is -0.153. The van der Waals surface area contributed by atoms with Crippen LogP contribution in [0.15, 0.2) is 72.8 Å². The first-order chi connectivity index (χ1) is 21.6. The van der Waals surface area contributed by atoms with Gasteiger partial charge in [-0.2, -0.15) is 0 Å². The molecule has 1 unspecified atom stereocenters. The van der Waals surface area contributed by atoms with E-state index in [1.807, 2.05) is 94.5 Å². The van der Waals surface area contributed by atoms with Crippen molar-refractivity contribution in [2.75, 3.05) is 24.6 Å². The molecule has 0 aromatic heterocycles. The van der Waals surface area contributed by atoms with Gasteiger partial charge in [-0.15, -0.1) is 0 Å². The quantitative estimate of drug-likeness (QED) is 0.418. The molecule has 9 heteroatoms. The Morgan fingerprint density at radius 2 is 1.69 bits per heavy atom. The Balaban J connectivity index is 1.50. The summed E-state index contributed by atoms with van der Waals surface area (Å²) in [4.78, 5) is 49.5. The molecule has 0 aliphatic carbocycles. The lowest BCUT2D eigenvalue weighted by Gasteiger charge is -2.41. The molecule has 1 spiro atoms. The first-order valence-electron chi connectivity index (χ1n) is 16.0. The first-order valence-corrected chi connectivity index (χ1v) is 16.3. The predicted molar refractivity (Wildman–Crippen MR) is 173 cm³/mol. The van der Waals surface area contributed by atoms with Gasteiger partial charge in [0.1, 0.15) is 11.6 Å². The van der Waals surface area contributed by atoms with Gasteiger partial charge < -0.3 is 24.5 Å². The van der Waals surface area contributed by atoms with E-state index in [0.29, 0.717) is 36.6 Å². The minimum Gasteiger partial charge on any atom is -0.394 e. The van der Waals surface area contributed by atoms with E-state index in [2.05, 4.69) is 0 Å². The maximum atomic E-state index is 14.9. The number of rotatable bonds is 8. The van der Waals surface area contributed by atoms with Gasteiger partial charge in [0.2, 0.25) is 11.8 Å². The van der Waals surface area contributed by atoms with Crippen LogP contribution in [-0.4, -0.2) is 75.6 Å². The normalized spacial score (nSPS) is 30.0. The van der Waals surface area contributed by atoms with Crippen LogP contribution in [0, 0.1) is 24.7 Å². The van der Waals surface area contributed by atoms with E-state index in [-0.39, 0.29) is 36.8 Å². The number of hydrogen-bond donors (Lipinski definition) is 1. The highest BCUT2D eigenvalue weighted by molar-refractivity contribution is 6.34. The molecule has 0 bridgehead atoms. The number of aliphatic hydroxyl groups is 1. The number of fused-ring (bicyclic) bond motifs is 2. The zero-order valence-electron chi connectivity index (χ0n) is 26.4. The molecular formula is C36H42ClN3O5. The highest BCUT2D eigenvalue weighted by Gasteiger charge is 2.76. The zero-order valence-corrected chi connectivity index (χ0v) is 27.1. The summed E-state index contributed by atoms with van der Waals surface area (Å²) in [5.41, 5.74) is -0.111. The minimum atomic E-state index is -1.42. The Labute approximate surface area is 270 Å². The summed E-state index contributed by atoms with van der Waals surface area (Å²) < 4.78 is 7.12. The molecule has 6 rings (SSSR count). The monoisotopic (exact) mass is 631 g/mol. The molecular weight excluding hydrogens is 590 g/mol. The van der Waals surface area contributed by atoms with Crippen molar-refractivity contribution in [3.63, 3.8) is 0 Å². The number of carbonyl (C=O) groups excluding carboxylic acids is 3. The third-order valence-electron chi connectivity index (χ3n) is 9.98. The lowest BCUT2D eigenvalue weighted by Crippen LogP contribution is -2.59. The minimum absolute atomic E-state index is 0.143. The molecule has 4 aliphatic rings. The Kier molecular flexibility index (Phi) is 8.44. The number of aliphatic hydroxyl groups excluding tert-OH is 1.